The normalized spacial score (nSPS) is 18.9. The third-order valence-corrected chi connectivity index (χ3v) is 2.37. The van der Waals surface area contributed by atoms with Crippen LogP contribution in [0.4, 0.5) is 0 Å². The van der Waals surface area contributed by atoms with Gasteiger partial charge in [0.05, 0.1) is 6.42 Å². The van der Waals surface area contributed by atoms with E-state index in [2.05, 4.69) is 10.5 Å². The highest BCUT2D eigenvalue weighted by atomic mass is 32.1. The summed E-state index contributed by atoms with van der Waals surface area (Å²) in [4.78, 5) is 7.05. The predicted molar refractivity (Wildman–Crippen MR) is 56.6 cm³/mol. The fraction of sp³-hybridized carbons (Fsp3) is 0.750. The van der Waals surface area contributed by atoms with E-state index >= 15 is 0 Å². The summed E-state index contributed by atoms with van der Waals surface area (Å²) in [6, 6.07) is 0. The molecule has 0 aromatic carbocycles. The van der Waals surface area contributed by atoms with Gasteiger partial charge in [0.15, 0.2) is 10.9 Å². The molecule has 0 atom stereocenters. The van der Waals surface area contributed by atoms with Crippen molar-refractivity contribution >= 4 is 23.2 Å². The Balaban J connectivity index is 2.61. The Morgan fingerprint density at radius 2 is 2.31 bits per heavy atom. The zero-order chi connectivity index (χ0) is 10.1. The standard InChI is InChI=1S/C8H15N3OS/c1-8(2)5-6(10-12-8)11(4)7(13)9-3/h5H2,1-4H3,(H,9,13). The second-order valence-corrected chi connectivity index (χ2v) is 4.04. The minimum Gasteiger partial charge on any atom is -0.388 e. The van der Waals surface area contributed by atoms with Gasteiger partial charge in [0.25, 0.3) is 0 Å². The molecule has 1 N–H and O–H groups in total. The van der Waals surface area contributed by atoms with Gasteiger partial charge in [0, 0.05) is 14.1 Å². The Morgan fingerprint density at radius 1 is 1.69 bits per heavy atom. The van der Waals surface area contributed by atoms with E-state index in [9.17, 15) is 0 Å². The molecular weight excluding hydrogens is 186 g/mol. The van der Waals surface area contributed by atoms with E-state index in [0.29, 0.717) is 5.11 Å². The molecular formula is C8H15N3OS. The molecule has 1 heterocycles. The van der Waals surface area contributed by atoms with Gasteiger partial charge < -0.3 is 15.1 Å². The quantitative estimate of drug-likeness (QED) is 0.592. The molecule has 0 saturated heterocycles. The maximum absolute atomic E-state index is 5.23. The van der Waals surface area contributed by atoms with Crippen LogP contribution in [-0.2, 0) is 4.84 Å². The molecule has 1 rings (SSSR count). The number of oxime groups is 1. The zero-order valence-electron chi connectivity index (χ0n) is 8.42. The van der Waals surface area contributed by atoms with Crippen molar-refractivity contribution < 1.29 is 4.84 Å². The summed E-state index contributed by atoms with van der Waals surface area (Å²) >= 11 is 5.07. The van der Waals surface area contributed by atoms with Crippen LogP contribution in [0.3, 0.4) is 0 Å². The number of thiocarbonyl (C=S) groups is 1. The molecule has 0 bridgehead atoms. The van der Waals surface area contributed by atoms with Crippen molar-refractivity contribution in [1.82, 2.24) is 10.2 Å². The minimum atomic E-state index is -0.201. The second kappa shape index (κ2) is 3.49. The molecule has 0 spiro atoms. The lowest BCUT2D eigenvalue weighted by molar-refractivity contribution is 0.0123. The summed E-state index contributed by atoms with van der Waals surface area (Å²) in [7, 11) is 3.67. The largest absolute Gasteiger partial charge is 0.388 e. The molecule has 0 saturated carbocycles. The van der Waals surface area contributed by atoms with Crippen LogP contribution in [0.25, 0.3) is 0 Å². The van der Waals surface area contributed by atoms with Gasteiger partial charge in [-0.25, -0.2) is 0 Å². The van der Waals surface area contributed by atoms with Gasteiger partial charge in [-0.1, -0.05) is 5.16 Å². The van der Waals surface area contributed by atoms with Crippen LogP contribution in [0.5, 0.6) is 0 Å². The number of nitrogens with zero attached hydrogens (tertiary/aromatic N) is 2. The van der Waals surface area contributed by atoms with E-state index < -0.39 is 0 Å². The van der Waals surface area contributed by atoms with Gasteiger partial charge in [-0.05, 0) is 26.1 Å². The van der Waals surface area contributed by atoms with E-state index in [0.717, 1.165) is 12.3 Å². The van der Waals surface area contributed by atoms with Gasteiger partial charge >= 0.3 is 0 Å². The molecule has 0 fully saturated rings. The summed E-state index contributed by atoms with van der Waals surface area (Å²) in [5.41, 5.74) is -0.201. The number of rotatable bonds is 0. The van der Waals surface area contributed by atoms with Crippen molar-refractivity contribution in [2.75, 3.05) is 14.1 Å². The first kappa shape index (κ1) is 10.2. The first-order valence-electron chi connectivity index (χ1n) is 4.17. The molecule has 74 valence electrons. The fourth-order valence-corrected chi connectivity index (χ4v) is 1.19. The predicted octanol–water partition coefficient (Wildman–Crippen LogP) is 0.935. The first-order valence-corrected chi connectivity index (χ1v) is 4.57. The van der Waals surface area contributed by atoms with E-state index in [1.54, 1.807) is 7.05 Å². The highest BCUT2D eigenvalue weighted by Crippen LogP contribution is 2.23. The highest BCUT2D eigenvalue weighted by Gasteiger charge is 2.31. The highest BCUT2D eigenvalue weighted by molar-refractivity contribution is 7.80. The maximum atomic E-state index is 5.23. The lowest BCUT2D eigenvalue weighted by atomic mass is 10.1. The van der Waals surface area contributed by atoms with Crippen molar-refractivity contribution in [3.63, 3.8) is 0 Å². The summed E-state index contributed by atoms with van der Waals surface area (Å²) in [5, 5.41) is 7.52. The van der Waals surface area contributed by atoms with Gasteiger partial charge in [-0.15, -0.1) is 0 Å². The Kier molecular flexibility index (Phi) is 2.75. The third-order valence-electron chi connectivity index (χ3n) is 1.89. The molecule has 0 aromatic rings. The molecule has 1 aliphatic rings. The van der Waals surface area contributed by atoms with Gasteiger partial charge in [-0.2, -0.15) is 0 Å². The average Bonchev–Trinajstić information content (AvgIpc) is 2.43. The molecule has 13 heavy (non-hydrogen) atoms. The number of amidine groups is 1. The SMILES string of the molecule is CNC(=S)N(C)C1=NOC(C)(C)C1. The van der Waals surface area contributed by atoms with Crippen molar-refractivity contribution in [3.05, 3.63) is 0 Å². The van der Waals surface area contributed by atoms with E-state index in [-0.39, 0.29) is 5.60 Å². The van der Waals surface area contributed by atoms with Gasteiger partial charge in [-0.3, -0.25) is 0 Å². The molecule has 4 nitrogen and oxygen atoms in total. The van der Waals surface area contributed by atoms with E-state index in [4.69, 9.17) is 17.1 Å². The number of nitrogens with one attached hydrogen (secondary N) is 1. The lowest BCUT2D eigenvalue weighted by Crippen LogP contribution is -2.39. The maximum Gasteiger partial charge on any atom is 0.173 e. The van der Waals surface area contributed by atoms with Crippen LogP contribution in [0.1, 0.15) is 20.3 Å². The Hall–Kier alpha value is -0.840. The van der Waals surface area contributed by atoms with E-state index in [1.165, 1.54) is 0 Å². The van der Waals surface area contributed by atoms with Gasteiger partial charge in [0.2, 0.25) is 0 Å². The fourth-order valence-electron chi connectivity index (χ4n) is 1.09. The lowest BCUT2D eigenvalue weighted by Gasteiger charge is -2.19. The van der Waals surface area contributed by atoms with Gasteiger partial charge in [0.1, 0.15) is 5.60 Å². The van der Waals surface area contributed by atoms with E-state index in [1.807, 2.05) is 25.8 Å². The molecule has 0 unspecified atom stereocenters. The summed E-state index contributed by atoms with van der Waals surface area (Å²) in [6.45, 7) is 4.00. The second-order valence-electron chi connectivity index (χ2n) is 3.65. The van der Waals surface area contributed by atoms with Crippen LogP contribution in [0, 0.1) is 0 Å². The van der Waals surface area contributed by atoms with Crippen molar-refractivity contribution in [2.24, 2.45) is 5.16 Å². The van der Waals surface area contributed by atoms with Crippen LogP contribution in [-0.4, -0.2) is 35.5 Å². The Morgan fingerprint density at radius 3 is 2.69 bits per heavy atom. The number of hydrogen-bond acceptors (Lipinski definition) is 3. The van der Waals surface area contributed by atoms with Crippen LogP contribution in [0.15, 0.2) is 5.16 Å². The van der Waals surface area contributed by atoms with Crippen LogP contribution < -0.4 is 5.32 Å². The van der Waals surface area contributed by atoms with Crippen LogP contribution in [0.2, 0.25) is 0 Å². The summed E-state index contributed by atoms with van der Waals surface area (Å²) in [5.74, 6) is 0.865. The number of hydrogen-bond donors (Lipinski definition) is 1. The molecule has 0 amide bonds. The first-order chi connectivity index (χ1) is 5.96. The van der Waals surface area contributed by atoms with Crippen molar-refractivity contribution in [3.8, 4) is 0 Å². The zero-order valence-corrected chi connectivity index (χ0v) is 9.23. The van der Waals surface area contributed by atoms with Crippen molar-refractivity contribution in [2.45, 2.75) is 25.9 Å². The summed E-state index contributed by atoms with van der Waals surface area (Å²) in [6.07, 6.45) is 0.783. The molecule has 0 aromatic heterocycles. The Bertz CT molecular complexity index is 250. The third kappa shape index (κ3) is 2.30. The van der Waals surface area contributed by atoms with Crippen molar-refractivity contribution in [1.29, 1.82) is 0 Å². The summed E-state index contributed by atoms with van der Waals surface area (Å²) < 4.78 is 0. The molecule has 0 radical (unpaired) electrons. The Labute approximate surface area is 83.9 Å². The topological polar surface area (TPSA) is 36.9 Å². The smallest absolute Gasteiger partial charge is 0.173 e. The molecule has 0 aliphatic carbocycles. The monoisotopic (exact) mass is 201 g/mol. The molecule has 5 heteroatoms. The average molecular weight is 201 g/mol. The minimum absolute atomic E-state index is 0.201. The molecule has 1 aliphatic heterocycles. The van der Waals surface area contributed by atoms with Crippen LogP contribution >= 0.6 is 12.2 Å².